The van der Waals surface area contributed by atoms with Gasteiger partial charge in [-0.2, -0.15) is 11.8 Å². The molecule has 0 aromatic heterocycles. The van der Waals surface area contributed by atoms with Crippen molar-refractivity contribution in [1.29, 1.82) is 0 Å². The first-order valence-corrected chi connectivity index (χ1v) is 11.1. The van der Waals surface area contributed by atoms with E-state index in [1.165, 1.54) is 5.56 Å². The molecule has 2 rings (SSSR count). The minimum Gasteiger partial charge on any atom is -0.305 e. The number of aryl methyl sites for hydroxylation is 1. The highest BCUT2D eigenvalue weighted by Crippen LogP contribution is 2.29. The summed E-state index contributed by atoms with van der Waals surface area (Å²) in [5.41, 5.74) is 3.27. The fourth-order valence-electron chi connectivity index (χ4n) is 2.49. The molecule has 1 aliphatic rings. The first-order valence-electron chi connectivity index (χ1n) is 8.94. The van der Waals surface area contributed by atoms with Gasteiger partial charge in [-0.25, -0.2) is 4.21 Å². The molecular formula is C20H30N2OS2. The van der Waals surface area contributed by atoms with E-state index in [4.69, 9.17) is 0 Å². The quantitative estimate of drug-likeness (QED) is 0.626. The average Bonchev–Trinajstić information content (AvgIpc) is 2.65. The number of nitrogens with zero attached hydrogens (tertiary/aromatic N) is 1. The summed E-state index contributed by atoms with van der Waals surface area (Å²) in [6.07, 6.45) is 6.91. The molecule has 3 nitrogen and oxygen atoms in total. The van der Waals surface area contributed by atoms with Crippen molar-refractivity contribution in [3.05, 3.63) is 53.4 Å². The van der Waals surface area contributed by atoms with Gasteiger partial charge in [-0.3, -0.25) is 4.99 Å². The van der Waals surface area contributed by atoms with E-state index in [2.05, 4.69) is 42.4 Å². The molecule has 0 fully saturated rings. The molecule has 1 N–H and O–H groups in total. The maximum Gasteiger partial charge on any atom is 0.150 e. The summed E-state index contributed by atoms with van der Waals surface area (Å²) in [5, 5.41) is 0.286. The van der Waals surface area contributed by atoms with E-state index in [9.17, 15) is 4.21 Å². The van der Waals surface area contributed by atoms with Crippen molar-refractivity contribution in [3.63, 3.8) is 0 Å². The van der Waals surface area contributed by atoms with Crippen LogP contribution in [0.15, 0.2) is 57.7 Å². The van der Waals surface area contributed by atoms with Crippen molar-refractivity contribution in [3.8, 4) is 0 Å². The number of nitrogens with one attached hydrogen (secondary N) is 1. The van der Waals surface area contributed by atoms with Crippen LogP contribution in [0, 0.1) is 0 Å². The molecule has 0 saturated carbocycles. The molecule has 0 spiro atoms. The molecule has 1 aromatic rings. The van der Waals surface area contributed by atoms with Crippen LogP contribution in [0.1, 0.15) is 46.1 Å². The Balaban J connectivity index is 0.00000151. The normalized spacial score (nSPS) is 17.5. The summed E-state index contributed by atoms with van der Waals surface area (Å²) in [4.78, 5) is 4.90. The van der Waals surface area contributed by atoms with Crippen LogP contribution in [0.4, 0.5) is 0 Å². The predicted molar refractivity (Wildman–Crippen MR) is 114 cm³/mol. The Morgan fingerprint density at radius 3 is 2.48 bits per heavy atom. The molecule has 0 bridgehead atoms. The first-order chi connectivity index (χ1) is 12.2. The highest BCUT2D eigenvalue weighted by molar-refractivity contribution is 8.00. The predicted octanol–water partition coefficient (Wildman–Crippen LogP) is 5.27. The average molecular weight is 379 g/mol. The van der Waals surface area contributed by atoms with E-state index in [0.717, 1.165) is 41.3 Å². The molecule has 0 heterocycles. The van der Waals surface area contributed by atoms with Crippen LogP contribution in [0.25, 0.3) is 0 Å². The number of thioether (sulfide) groups is 1. The van der Waals surface area contributed by atoms with E-state index in [0.29, 0.717) is 0 Å². The SMILES string of the molecule is C=NC1=CC=C(NS(=O)c2ccc(CCC)cc2)CC1SCC.CC. The van der Waals surface area contributed by atoms with Crippen molar-refractivity contribution in [2.24, 2.45) is 4.99 Å². The van der Waals surface area contributed by atoms with Crippen LogP contribution in [0.3, 0.4) is 0 Å². The molecule has 2 unspecified atom stereocenters. The monoisotopic (exact) mass is 378 g/mol. The molecule has 0 aliphatic heterocycles. The molecular weight excluding hydrogens is 348 g/mol. The van der Waals surface area contributed by atoms with Gasteiger partial charge in [-0.15, -0.1) is 0 Å². The van der Waals surface area contributed by atoms with Gasteiger partial charge in [-0.1, -0.05) is 46.2 Å². The van der Waals surface area contributed by atoms with Crippen LogP contribution in [0.2, 0.25) is 0 Å². The lowest BCUT2D eigenvalue weighted by Crippen LogP contribution is -2.22. The Morgan fingerprint density at radius 2 is 1.92 bits per heavy atom. The summed E-state index contributed by atoms with van der Waals surface area (Å²) in [6, 6.07) is 8.01. The van der Waals surface area contributed by atoms with E-state index in [1.807, 2.05) is 49.9 Å². The van der Waals surface area contributed by atoms with Gasteiger partial charge in [-0.05, 0) is 48.7 Å². The number of allylic oxidation sites excluding steroid dienone is 3. The largest absolute Gasteiger partial charge is 0.305 e. The third kappa shape index (κ3) is 6.83. The Morgan fingerprint density at radius 1 is 1.24 bits per heavy atom. The zero-order chi connectivity index (χ0) is 18.7. The van der Waals surface area contributed by atoms with Gasteiger partial charge < -0.3 is 4.72 Å². The fourth-order valence-corrected chi connectivity index (χ4v) is 4.40. The minimum atomic E-state index is -1.23. The molecule has 2 atom stereocenters. The van der Waals surface area contributed by atoms with Crippen LogP contribution < -0.4 is 4.72 Å². The zero-order valence-electron chi connectivity index (χ0n) is 15.7. The van der Waals surface area contributed by atoms with Gasteiger partial charge in [0.25, 0.3) is 0 Å². The summed E-state index contributed by atoms with van der Waals surface area (Å²) >= 11 is 1.84. The Bertz CT molecular complexity index is 621. The highest BCUT2D eigenvalue weighted by Gasteiger charge is 2.19. The lowest BCUT2D eigenvalue weighted by atomic mass is 10.1. The summed E-state index contributed by atoms with van der Waals surface area (Å²) in [5.74, 6) is 1.02. The molecule has 25 heavy (non-hydrogen) atoms. The van der Waals surface area contributed by atoms with Crippen molar-refractivity contribution < 1.29 is 4.21 Å². The molecule has 1 aromatic carbocycles. The van der Waals surface area contributed by atoms with Gasteiger partial charge in [0.2, 0.25) is 0 Å². The third-order valence-corrected chi connectivity index (χ3v) is 5.93. The van der Waals surface area contributed by atoms with Crippen molar-refractivity contribution in [2.75, 3.05) is 5.75 Å². The van der Waals surface area contributed by atoms with Crippen LogP contribution in [0.5, 0.6) is 0 Å². The van der Waals surface area contributed by atoms with Crippen molar-refractivity contribution in [2.45, 2.75) is 57.1 Å². The maximum atomic E-state index is 12.5. The second-order valence-electron chi connectivity index (χ2n) is 5.35. The molecule has 5 heteroatoms. The van der Waals surface area contributed by atoms with Gasteiger partial charge in [0, 0.05) is 12.1 Å². The van der Waals surface area contributed by atoms with E-state index >= 15 is 0 Å². The van der Waals surface area contributed by atoms with Crippen LogP contribution >= 0.6 is 11.8 Å². The van der Waals surface area contributed by atoms with E-state index < -0.39 is 11.0 Å². The molecule has 0 amide bonds. The minimum absolute atomic E-state index is 0.286. The molecule has 1 aliphatic carbocycles. The van der Waals surface area contributed by atoms with Crippen LogP contribution in [-0.2, 0) is 17.4 Å². The van der Waals surface area contributed by atoms with Gasteiger partial charge in [0.15, 0.2) is 0 Å². The lowest BCUT2D eigenvalue weighted by Gasteiger charge is -2.22. The molecule has 0 radical (unpaired) electrons. The summed E-state index contributed by atoms with van der Waals surface area (Å²) < 4.78 is 15.6. The van der Waals surface area contributed by atoms with Gasteiger partial charge in [0.1, 0.15) is 11.0 Å². The summed E-state index contributed by atoms with van der Waals surface area (Å²) in [6.45, 7) is 11.9. The number of aliphatic imine (C=N–C) groups is 1. The number of hydrogen-bond donors (Lipinski definition) is 1. The van der Waals surface area contributed by atoms with Gasteiger partial charge >= 0.3 is 0 Å². The topological polar surface area (TPSA) is 41.5 Å². The first kappa shape index (κ1) is 21.7. The molecule has 138 valence electrons. The van der Waals surface area contributed by atoms with Crippen molar-refractivity contribution in [1.82, 2.24) is 4.72 Å². The Hall–Kier alpha value is -1.33. The number of benzene rings is 1. The van der Waals surface area contributed by atoms with Crippen LogP contribution in [-0.4, -0.2) is 21.9 Å². The van der Waals surface area contributed by atoms with E-state index in [-0.39, 0.29) is 5.25 Å². The lowest BCUT2D eigenvalue weighted by molar-refractivity contribution is 0.675. The standard InChI is InChI=1S/C18H24N2OS2.C2H6/c1-4-6-14-7-10-16(11-8-14)23(21)20-15-9-12-17(19-3)18(13-15)22-5-2;1-2/h7-12,18,20H,3-6,13H2,1-2H3;1-2H3. The second-order valence-corrected chi connectivity index (χ2v) is 8.05. The Labute approximate surface area is 159 Å². The fraction of sp³-hybridized carbons (Fsp3) is 0.450. The maximum absolute atomic E-state index is 12.5. The Kier molecular flexibility index (Phi) is 10.5. The van der Waals surface area contributed by atoms with E-state index in [1.54, 1.807) is 0 Å². The van der Waals surface area contributed by atoms with Gasteiger partial charge in [0.05, 0.1) is 15.8 Å². The second kappa shape index (κ2) is 12.1. The number of hydrogen-bond acceptors (Lipinski definition) is 3. The number of rotatable bonds is 8. The summed E-state index contributed by atoms with van der Waals surface area (Å²) in [7, 11) is -1.23. The third-order valence-electron chi connectivity index (χ3n) is 3.64. The molecule has 0 saturated heterocycles. The van der Waals surface area contributed by atoms with Crippen molar-refractivity contribution >= 4 is 29.5 Å². The smallest absolute Gasteiger partial charge is 0.150 e. The zero-order valence-corrected chi connectivity index (χ0v) is 17.4. The highest BCUT2D eigenvalue weighted by atomic mass is 32.2.